The summed E-state index contributed by atoms with van der Waals surface area (Å²) >= 11 is 0. The van der Waals surface area contributed by atoms with Crippen molar-refractivity contribution in [3.05, 3.63) is 70.8 Å². The number of rotatable bonds is 4. The van der Waals surface area contributed by atoms with Crippen LogP contribution in [0.25, 0.3) is 0 Å². The quantitative estimate of drug-likeness (QED) is 0.590. The van der Waals surface area contributed by atoms with E-state index in [1.807, 2.05) is 26.8 Å². The molecule has 0 spiro atoms. The van der Waals surface area contributed by atoms with Gasteiger partial charge in [-0.1, -0.05) is 20.8 Å². The van der Waals surface area contributed by atoms with Gasteiger partial charge in [-0.15, -0.1) is 0 Å². The summed E-state index contributed by atoms with van der Waals surface area (Å²) in [5.41, 5.74) is 1.09. The van der Waals surface area contributed by atoms with Crippen LogP contribution < -0.4 is 5.32 Å². The molecule has 0 saturated heterocycles. The number of nitrogens with zero attached hydrogens (tertiary/aromatic N) is 3. The molecule has 0 fully saturated rings. The summed E-state index contributed by atoms with van der Waals surface area (Å²) in [6.45, 7) is 12.3. The molecule has 8 nitrogen and oxygen atoms in total. The van der Waals surface area contributed by atoms with E-state index in [1.54, 1.807) is 22.9 Å². The molecule has 1 aromatic carbocycles. The van der Waals surface area contributed by atoms with Crippen LogP contribution in [0.4, 0.5) is 5.82 Å². The number of aromatic nitrogens is 2. The first-order valence-electron chi connectivity index (χ1n) is 10.8. The number of hydrogen-bond donors (Lipinski definition) is 1. The molecule has 172 valence electrons. The molecule has 0 atom stereocenters. The van der Waals surface area contributed by atoms with Crippen molar-refractivity contribution in [2.75, 3.05) is 5.32 Å². The molecule has 0 aliphatic carbocycles. The molecule has 0 saturated carbocycles. The lowest BCUT2D eigenvalue weighted by atomic mass is 9.92. The maximum Gasteiger partial charge on any atom is 0.261 e. The van der Waals surface area contributed by atoms with Crippen molar-refractivity contribution in [3.8, 4) is 0 Å². The summed E-state index contributed by atoms with van der Waals surface area (Å²) < 4.78 is 7.06. The molecule has 1 aliphatic rings. The van der Waals surface area contributed by atoms with Crippen molar-refractivity contribution in [1.29, 1.82) is 0 Å². The zero-order valence-corrected chi connectivity index (χ0v) is 19.7. The molecule has 1 N–H and O–H groups in total. The third-order valence-electron chi connectivity index (χ3n) is 5.48. The number of nitrogens with one attached hydrogen (secondary N) is 1. The standard InChI is InChI=1S/C25H28N4O4/c1-24(2,3)19-13-20(29(27-19)25(4,5)6)26-21(30)15-9-10-17-18(12-15)23(32)28(22(17)31)14-16-8-7-11-33-16/h7-13H,14H2,1-6H3,(H,26,30). The minimum absolute atomic E-state index is 0.0429. The number of carbonyl (C=O) groups excluding carboxylic acids is 3. The van der Waals surface area contributed by atoms with Crippen molar-refractivity contribution in [2.45, 2.75) is 59.0 Å². The van der Waals surface area contributed by atoms with Gasteiger partial charge in [-0.25, -0.2) is 4.68 Å². The van der Waals surface area contributed by atoms with Crippen LogP contribution in [0, 0.1) is 0 Å². The maximum atomic E-state index is 13.1. The van der Waals surface area contributed by atoms with Crippen LogP contribution in [0.15, 0.2) is 47.1 Å². The van der Waals surface area contributed by atoms with Gasteiger partial charge in [0.25, 0.3) is 17.7 Å². The summed E-state index contributed by atoms with van der Waals surface area (Å²) in [5.74, 6) is -0.157. The molecular formula is C25H28N4O4. The average Bonchev–Trinajstić information content (AvgIpc) is 3.43. The van der Waals surface area contributed by atoms with Crippen LogP contribution in [-0.4, -0.2) is 32.4 Å². The van der Waals surface area contributed by atoms with E-state index in [0.29, 0.717) is 11.6 Å². The second-order valence-electron chi connectivity index (χ2n) is 10.2. The molecular weight excluding hydrogens is 420 g/mol. The maximum absolute atomic E-state index is 13.1. The normalized spacial score (nSPS) is 14.1. The highest BCUT2D eigenvalue weighted by molar-refractivity contribution is 6.22. The third kappa shape index (κ3) is 4.20. The Morgan fingerprint density at radius 3 is 2.30 bits per heavy atom. The van der Waals surface area contributed by atoms with Gasteiger partial charge >= 0.3 is 0 Å². The van der Waals surface area contributed by atoms with Crippen LogP contribution in [0.1, 0.15) is 84.1 Å². The number of anilines is 1. The van der Waals surface area contributed by atoms with Crippen molar-refractivity contribution < 1.29 is 18.8 Å². The summed E-state index contributed by atoms with van der Waals surface area (Å²) in [6.07, 6.45) is 1.49. The van der Waals surface area contributed by atoms with E-state index in [4.69, 9.17) is 9.52 Å². The fraction of sp³-hybridized carbons (Fsp3) is 0.360. The Bertz CT molecular complexity index is 1240. The van der Waals surface area contributed by atoms with E-state index in [1.165, 1.54) is 18.4 Å². The Balaban J connectivity index is 1.61. The lowest BCUT2D eigenvalue weighted by molar-refractivity contribution is 0.0631. The highest BCUT2D eigenvalue weighted by Gasteiger charge is 2.36. The number of benzene rings is 1. The van der Waals surface area contributed by atoms with Gasteiger partial charge in [0.15, 0.2) is 0 Å². The first kappa shape index (κ1) is 22.5. The molecule has 0 bridgehead atoms. The Morgan fingerprint density at radius 1 is 1.00 bits per heavy atom. The fourth-order valence-electron chi connectivity index (χ4n) is 3.67. The molecule has 1 aliphatic heterocycles. The van der Waals surface area contributed by atoms with Gasteiger partial charge < -0.3 is 9.73 Å². The summed E-state index contributed by atoms with van der Waals surface area (Å²) in [4.78, 5) is 39.8. The Morgan fingerprint density at radius 2 is 1.70 bits per heavy atom. The van der Waals surface area contributed by atoms with Crippen molar-refractivity contribution in [1.82, 2.24) is 14.7 Å². The molecule has 4 rings (SSSR count). The van der Waals surface area contributed by atoms with Gasteiger partial charge in [0, 0.05) is 17.0 Å². The number of carbonyl (C=O) groups is 3. The molecule has 2 aromatic heterocycles. The number of hydrogen-bond acceptors (Lipinski definition) is 5. The SMILES string of the molecule is CC(C)(C)c1cc(NC(=O)c2ccc3c(c2)C(=O)N(Cc2ccco2)C3=O)n(C(C)(C)C)n1. The minimum atomic E-state index is -0.448. The average molecular weight is 449 g/mol. The predicted molar refractivity (Wildman–Crippen MR) is 123 cm³/mol. The Labute approximate surface area is 192 Å². The predicted octanol–water partition coefficient (Wildman–Crippen LogP) is 4.58. The van der Waals surface area contributed by atoms with Crippen LogP contribution >= 0.6 is 0 Å². The van der Waals surface area contributed by atoms with E-state index in [-0.39, 0.29) is 40.1 Å². The first-order valence-corrected chi connectivity index (χ1v) is 10.8. The molecule has 3 heterocycles. The van der Waals surface area contributed by atoms with Crippen molar-refractivity contribution >= 4 is 23.5 Å². The smallest absolute Gasteiger partial charge is 0.261 e. The van der Waals surface area contributed by atoms with Crippen LogP contribution in [-0.2, 0) is 17.5 Å². The Kier molecular flexibility index (Phi) is 5.27. The Hall–Kier alpha value is -3.68. The molecule has 3 amide bonds. The number of imide groups is 1. The lowest BCUT2D eigenvalue weighted by Crippen LogP contribution is -2.28. The topological polar surface area (TPSA) is 97.4 Å². The summed E-state index contributed by atoms with van der Waals surface area (Å²) in [7, 11) is 0. The zero-order valence-electron chi connectivity index (χ0n) is 19.7. The summed E-state index contributed by atoms with van der Waals surface area (Å²) in [6, 6.07) is 9.81. The third-order valence-corrected chi connectivity index (χ3v) is 5.48. The molecule has 0 unspecified atom stereocenters. The van der Waals surface area contributed by atoms with E-state index < -0.39 is 11.8 Å². The van der Waals surface area contributed by atoms with E-state index >= 15 is 0 Å². The molecule has 3 aromatic rings. The van der Waals surface area contributed by atoms with Gasteiger partial charge in [0.1, 0.15) is 11.6 Å². The lowest BCUT2D eigenvalue weighted by Gasteiger charge is -2.23. The largest absolute Gasteiger partial charge is 0.467 e. The van der Waals surface area contributed by atoms with Gasteiger partial charge in [-0.3, -0.25) is 19.3 Å². The number of amides is 3. The van der Waals surface area contributed by atoms with E-state index in [0.717, 1.165) is 10.6 Å². The molecule has 0 radical (unpaired) electrons. The first-order chi connectivity index (χ1) is 15.4. The highest BCUT2D eigenvalue weighted by atomic mass is 16.3. The van der Waals surface area contributed by atoms with E-state index in [2.05, 4.69) is 26.1 Å². The van der Waals surface area contributed by atoms with Gasteiger partial charge in [0.2, 0.25) is 0 Å². The fourth-order valence-corrected chi connectivity index (χ4v) is 3.67. The highest BCUT2D eigenvalue weighted by Crippen LogP contribution is 2.29. The van der Waals surface area contributed by atoms with Gasteiger partial charge in [-0.05, 0) is 51.1 Å². The van der Waals surface area contributed by atoms with Crippen LogP contribution in [0.3, 0.4) is 0 Å². The van der Waals surface area contributed by atoms with Crippen LogP contribution in [0.5, 0.6) is 0 Å². The minimum Gasteiger partial charge on any atom is -0.467 e. The van der Waals surface area contributed by atoms with Crippen LogP contribution in [0.2, 0.25) is 0 Å². The summed E-state index contributed by atoms with van der Waals surface area (Å²) in [5, 5.41) is 7.64. The number of furan rings is 1. The zero-order chi connectivity index (χ0) is 24.1. The van der Waals surface area contributed by atoms with Crippen molar-refractivity contribution in [3.63, 3.8) is 0 Å². The monoisotopic (exact) mass is 448 g/mol. The van der Waals surface area contributed by atoms with E-state index in [9.17, 15) is 14.4 Å². The second kappa shape index (κ2) is 7.72. The van der Waals surface area contributed by atoms with Gasteiger partial charge in [-0.2, -0.15) is 5.10 Å². The van der Waals surface area contributed by atoms with Gasteiger partial charge in [0.05, 0.1) is 35.2 Å². The molecule has 33 heavy (non-hydrogen) atoms. The second-order valence-corrected chi connectivity index (χ2v) is 10.2. The number of fused-ring (bicyclic) bond motifs is 1. The van der Waals surface area contributed by atoms with Crippen molar-refractivity contribution in [2.24, 2.45) is 0 Å². The molecule has 8 heteroatoms.